The lowest BCUT2D eigenvalue weighted by Crippen LogP contribution is -2.30. The van der Waals surface area contributed by atoms with Gasteiger partial charge in [0, 0.05) is 24.5 Å². The molecule has 0 aliphatic carbocycles. The number of ether oxygens (including phenoxy) is 1. The van der Waals surface area contributed by atoms with E-state index in [4.69, 9.17) is 9.84 Å². The standard InChI is InChI=1S/C13H18N2O3/c1-8-6-11(10(7-14-8)13(16)17)15-9(2)12-4-3-5-18-12/h6-7,9,12H,3-5H2,1-2H3,(H,14,15)(H,16,17). The van der Waals surface area contributed by atoms with Crippen molar-refractivity contribution in [1.29, 1.82) is 0 Å². The number of rotatable bonds is 4. The van der Waals surface area contributed by atoms with Crippen LogP contribution in [0.5, 0.6) is 0 Å². The molecule has 0 bridgehead atoms. The minimum absolute atomic E-state index is 0.0902. The Bertz CT molecular complexity index is 442. The summed E-state index contributed by atoms with van der Waals surface area (Å²) in [6, 6.07) is 1.85. The van der Waals surface area contributed by atoms with E-state index < -0.39 is 5.97 Å². The fraction of sp³-hybridized carbons (Fsp3) is 0.538. The molecule has 0 radical (unpaired) electrons. The predicted molar refractivity (Wildman–Crippen MR) is 68.0 cm³/mol. The van der Waals surface area contributed by atoms with Gasteiger partial charge in [-0.25, -0.2) is 4.79 Å². The van der Waals surface area contributed by atoms with Gasteiger partial charge in [0.05, 0.1) is 11.8 Å². The van der Waals surface area contributed by atoms with Crippen LogP contribution in [0.15, 0.2) is 12.3 Å². The highest BCUT2D eigenvalue weighted by molar-refractivity contribution is 5.93. The topological polar surface area (TPSA) is 71.5 Å². The van der Waals surface area contributed by atoms with Gasteiger partial charge in [0.2, 0.25) is 0 Å². The Kier molecular flexibility index (Phi) is 3.81. The molecule has 0 aromatic carbocycles. The maximum Gasteiger partial charge on any atom is 0.339 e. The number of carboxylic acid groups (broad SMARTS) is 1. The van der Waals surface area contributed by atoms with Crippen LogP contribution in [0.1, 0.15) is 35.8 Å². The van der Waals surface area contributed by atoms with Crippen molar-refractivity contribution >= 4 is 11.7 Å². The number of aryl methyl sites for hydroxylation is 1. The van der Waals surface area contributed by atoms with Crippen LogP contribution in [-0.2, 0) is 4.74 Å². The fourth-order valence-electron chi connectivity index (χ4n) is 2.18. The summed E-state index contributed by atoms with van der Waals surface area (Å²) in [6.07, 6.45) is 3.63. The minimum atomic E-state index is -0.968. The van der Waals surface area contributed by atoms with E-state index in [-0.39, 0.29) is 17.7 Å². The highest BCUT2D eigenvalue weighted by Crippen LogP contribution is 2.22. The number of pyridine rings is 1. The van der Waals surface area contributed by atoms with Crippen LogP contribution in [-0.4, -0.2) is 34.8 Å². The van der Waals surface area contributed by atoms with Crippen LogP contribution in [0.2, 0.25) is 0 Å². The molecular formula is C13H18N2O3. The fourth-order valence-corrected chi connectivity index (χ4v) is 2.18. The maximum atomic E-state index is 11.1. The largest absolute Gasteiger partial charge is 0.478 e. The number of nitrogens with one attached hydrogen (secondary N) is 1. The molecule has 0 saturated carbocycles. The quantitative estimate of drug-likeness (QED) is 0.856. The average molecular weight is 250 g/mol. The Morgan fingerprint density at radius 1 is 1.67 bits per heavy atom. The predicted octanol–water partition coefficient (Wildman–Crippen LogP) is 2.07. The molecule has 98 valence electrons. The van der Waals surface area contributed by atoms with Crippen molar-refractivity contribution in [3.8, 4) is 0 Å². The lowest BCUT2D eigenvalue weighted by Gasteiger charge is -2.22. The van der Waals surface area contributed by atoms with Gasteiger partial charge in [-0.3, -0.25) is 4.98 Å². The summed E-state index contributed by atoms with van der Waals surface area (Å²) < 4.78 is 5.59. The second-order valence-corrected chi connectivity index (χ2v) is 4.66. The van der Waals surface area contributed by atoms with Gasteiger partial charge in [0.15, 0.2) is 0 Å². The molecule has 0 spiro atoms. The van der Waals surface area contributed by atoms with Gasteiger partial charge < -0.3 is 15.2 Å². The first-order valence-corrected chi connectivity index (χ1v) is 6.16. The van der Waals surface area contributed by atoms with Crippen LogP contribution in [0, 0.1) is 6.92 Å². The molecule has 1 fully saturated rings. The van der Waals surface area contributed by atoms with Gasteiger partial charge in [0.1, 0.15) is 5.56 Å². The Hall–Kier alpha value is -1.62. The molecule has 2 heterocycles. The third-order valence-corrected chi connectivity index (χ3v) is 3.18. The molecule has 0 amide bonds. The molecule has 1 aromatic heterocycles. The van der Waals surface area contributed by atoms with Crippen LogP contribution in [0.4, 0.5) is 5.69 Å². The van der Waals surface area contributed by atoms with Crippen molar-refractivity contribution in [3.63, 3.8) is 0 Å². The van der Waals surface area contributed by atoms with Crippen molar-refractivity contribution in [2.24, 2.45) is 0 Å². The summed E-state index contributed by atoms with van der Waals surface area (Å²) in [5.41, 5.74) is 1.60. The van der Waals surface area contributed by atoms with E-state index in [1.165, 1.54) is 6.20 Å². The summed E-state index contributed by atoms with van der Waals surface area (Å²) in [5, 5.41) is 12.4. The molecule has 2 atom stereocenters. The van der Waals surface area contributed by atoms with E-state index in [9.17, 15) is 4.79 Å². The molecule has 2 N–H and O–H groups in total. The summed E-state index contributed by atoms with van der Waals surface area (Å²) in [5.74, 6) is -0.968. The van der Waals surface area contributed by atoms with Gasteiger partial charge in [-0.15, -0.1) is 0 Å². The molecule has 2 unspecified atom stereocenters. The number of hydrogen-bond donors (Lipinski definition) is 2. The second kappa shape index (κ2) is 5.35. The number of carbonyl (C=O) groups is 1. The Morgan fingerprint density at radius 3 is 3.06 bits per heavy atom. The molecule has 1 aliphatic rings. The lowest BCUT2D eigenvalue weighted by molar-refractivity contribution is 0.0696. The van der Waals surface area contributed by atoms with E-state index in [0.717, 1.165) is 25.1 Å². The minimum Gasteiger partial charge on any atom is -0.478 e. The number of hydrogen-bond acceptors (Lipinski definition) is 4. The molecular weight excluding hydrogens is 232 g/mol. The molecule has 5 heteroatoms. The first-order chi connectivity index (χ1) is 8.58. The van der Waals surface area contributed by atoms with E-state index in [0.29, 0.717) is 5.69 Å². The van der Waals surface area contributed by atoms with Gasteiger partial charge in [-0.05, 0) is 32.8 Å². The third-order valence-electron chi connectivity index (χ3n) is 3.18. The number of carboxylic acids is 1. The van der Waals surface area contributed by atoms with E-state index in [1.54, 1.807) is 6.07 Å². The molecule has 2 rings (SSSR count). The average Bonchev–Trinajstić information content (AvgIpc) is 2.81. The van der Waals surface area contributed by atoms with Gasteiger partial charge in [0.25, 0.3) is 0 Å². The summed E-state index contributed by atoms with van der Waals surface area (Å²) >= 11 is 0. The molecule has 18 heavy (non-hydrogen) atoms. The van der Waals surface area contributed by atoms with Crippen molar-refractivity contribution in [1.82, 2.24) is 4.98 Å². The zero-order chi connectivity index (χ0) is 13.1. The summed E-state index contributed by atoms with van der Waals surface area (Å²) in [6.45, 7) is 4.64. The third kappa shape index (κ3) is 2.79. The SMILES string of the molecule is Cc1cc(NC(C)C2CCCO2)c(C(=O)O)cn1. The van der Waals surface area contributed by atoms with Gasteiger partial charge >= 0.3 is 5.97 Å². The van der Waals surface area contributed by atoms with E-state index >= 15 is 0 Å². The first-order valence-electron chi connectivity index (χ1n) is 6.16. The molecule has 1 saturated heterocycles. The van der Waals surface area contributed by atoms with Crippen LogP contribution in [0.25, 0.3) is 0 Å². The Balaban J connectivity index is 2.16. The number of nitrogens with zero attached hydrogens (tertiary/aromatic N) is 1. The van der Waals surface area contributed by atoms with E-state index in [1.807, 2.05) is 13.8 Å². The smallest absolute Gasteiger partial charge is 0.339 e. The van der Waals surface area contributed by atoms with Gasteiger partial charge in [-0.2, -0.15) is 0 Å². The highest BCUT2D eigenvalue weighted by Gasteiger charge is 2.23. The van der Waals surface area contributed by atoms with Crippen molar-refractivity contribution < 1.29 is 14.6 Å². The summed E-state index contributed by atoms with van der Waals surface area (Å²) in [4.78, 5) is 15.1. The van der Waals surface area contributed by atoms with Crippen LogP contribution >= 0.6 is 0 Å². The molecule has 1 aromatic rings. The first kappa shape index (κ1) is 12.8. The van der Waals surface area contributed by atoms with Crippen molar-refractivity contribution in [3.05, 3.63) is 23.5 Å². The van der Waals surface area contributed by atoms with E-state index in [2.05, 4.69) is 10.3 Å². The second-order valence-electron chi connectivity index (χ2n) is 4.66. The number of aromatic nitrogens is 1. The maximum absolute atomic E-state index is 11.1. The lowest BCUT2D eigenvalue weighted by atomic mass is 10.1. The number of aromatic carboxylic acids is 1. The van der Waals surface area contributed by atoms with Crippen LogP contribution in [0.3, 0.4) is 0 Å². The monoisotopic (exact) mass is 250 g/mol. The Morgan fingerprint density at radius 2 is 2.44 bits per heavy atom. The van der Waals surface area contributed by atoms with Gasteiger partial charge in [-0.1, -0.05) is 0 Å². The van der Waals surface area contributed by atoms with Crippen molar-refractivity contribution in [2.45, 2.75) is 38.8 Å². The summed E-state index contributed by atoms with van der Waals surface area (Å²) in [7, 11) is 0. The molecule has 1 aliphatic heterocycles. The Labute approximate surface area is 106 Å². The highest BCUT2D eigenvalue weighted by atomic mass is 16.5. The normalized spacial score (nSPS) is 20.7. The number of anilines is 1. The molecule has 5 nitrogen and oxygen atoms in total. The zero-order valence-electron chi connectivity index (χ0n) is 10.6. The zero-order valence-corrected chi connectivity index (χ0v) is 10.6. The van der Waals surface area contributed by atoms with Crippen molar-refractivity contribution in [2.75, 3.05) is 11.9 Å². The van der Waals surface area contributed by atoms with Crippen LogP contribution < -0.4 is 5.32 Å².